The first-order valence-electron chi connectivity index (χ1n) is 5.63. The maximum atomic E-state index is 5.81. The number of pyridine rings is 1. The van der Waals surface area contributed by atoms with Crippen molar-refractivity contribution in [3.63, 3.8) is 0 Å². The predicted octanol–water partition coefficient (Wildman–Crippen LogP) is 2.99. The molecule has 3 heteroatoms. The summed E-state index contributed by atoms with van der Waals surface area (Å²) >= 11 is 0. The second-order valence-electron chi connectivity index (χ2n) is 4.16. The molecule has 0 unspecified atom stereocenters. The van der Waals surface area contributed by atoms with E-state index in [-0.39, 0.29) is 0 Å². The van der Waals surface area contributed by atoms with Crippen LogP contribution in [0.4, 0.5) is 11.5 Å². The van der Waals surface area contributed by atoms with E-state index < -0.39 is 0 Å². The third kappa shape index (κ3) is 2.23. The van der Waals surface area contributed by atoms with Crippen LogP contribution in [-0.2, 0) is 0 Å². The number of nitrogens with one attached hydrogen (secondary N) is 1. The van der Waals surface area contributed by atoms with Gasteiger partial charge in [-0.05, 0) is 31.0 Å². The zero-order valence-electron chi connectivity index (χ0n) is 10.4. The number of anilines is 2. The first-order valence-corrected chi connectivity index (χ1v) is 5.63. The summed E-state index contributed by atoms with van der Waals surface area (Å²) in [6.07, 6.45) is 0. The summed E-state index contributed by atoms with van der Waals surface area (Å²) in [6.45, 7) is 4.21. The average Bonchev–Trinajstić information content (AvgIpc) is 2.31. The van der Waals surface area contributed by atoms with Crippen molar-refractivity contribution in [1.29, 1.82) is 0 Å². The Morgan fingerprint density at radius 2 is 1.94 bits per heavy atom. The van der Waals surface area contributed by atoms with Crippen molar-refractivity contribution in [3.8, 4) is 11.3 Å². The average molecular weight is 227 g/mol. The minimum absolute atomic E-state index is 0.535. The van der Waals surface area contributed by atoms with Crippen molar-refractivity contribution >= 4 is 11.5 Å². The van der Waals surface area contributed by atoms with Crippen LogP contribution in [0.25, 0.3) is 11.3 Å². The smallest absolute Gasteiger partial charge is 0.126 e. The molecule has 0 aliphatic carbocycles. The fourth-order valence-electron chi connectivity index (χ4n) is 1.86. The minimum Gasteiger partial charge on any atom is -0.388 e. The summed E-state index contributed by atoms with van der Waals surface area (Å²) in [5.74, 6) is 0.535. The van der Waals surface area contributed by atoms with E-state index in [0.717, 1.165) is 16.9 Å². The predicted molar refractivity (Wildman–Crippen MR) is 73.1 cm³/mol. The molecule has 17 heavy (non-hydrogen) atoms. The Bertz CT molecular complexity index is 547. The number of nitrogen functional groups attached to an aromatic ring is 1. The molecule has 1 aromatic heterocycles. The molecule has 3 N–H and O–H groups in total. The van der Waals surface area contributed by atoms with E-state index in [9.17, 15) is 0 Å². The quantitative estimate of drug-likeness (QED) is 0.829. The molecule has 0 atom stereocenters. The van der Waals surface area contributed by atoms with Gasteiger partial charge in [0, 0.05) is 24.4 Å². The number of rotatable bonds is 2. The highest BCUT2D eigenvalue weighted by Gasteiger charge is 2.07. The van der Waals surface area contributed by atoms with Gasteiger partial charge >= 0.3 is 0 Å². The molecule has 0 aliphatic heterocycles. The highest BCUT2D eigenvalue weighted by molar-refractivity contribution is 5.70. The maximum absolute atomic E-state index is 5.81. The standard InChI is InChI=1S/C14H17N3/c1-9-5-4-6-12(10(9)2)13-7-11(16-3)8-14(15)17-13/h4-8H,1-3H3,(H3,15,16,17). The molecule has 1 aromatic carbocycles. The number of nitrogens with two attached hydrogens (primary N) is 1. The summed E-state index contributed by atoms with van der Waals surface area (Å²) in [7, 11) is 1.88. The Kier molecular flexibility index (Phi) is 3.00. The van der Waals surface area contributed by atoms with Gasteiger partial charge in [0.1, 0.15) is 5.82 Å². The highest BCUT2D eigenvalue weighted by Crippen LogP contribution is 2.26. The van der Waals surface area contributed by atoms with Crippen LogP contribution in [-0.4, -0.2) is 12.0 Å². The van der Waals surface area contributed by atoms with Crippen molar-refractivity contribution in [2.75, 3.05) is 18.1 Å². The van der Waals surface area contributed by atoms with E-state index in [0.29, 0.717) is 5.82 Å². The summed E-state index contributed by atoms with van der Waals surface area (Å²) < 4.78 is 0. The molecule has 0 fully saturated rings. The molecule has 88 valence electrons. The fraction of sp³-hybridized carbons (Fsp3) is 0.214. The minimum atomic E-state index is 0.535. The van der Waals surface area contributed by atoms with Gasteiger partial charge < -0.3 is 11.1 Å². The lowest BCUT2D eigenvalue weighted by Crippen LogP contribution is -1.98. The van der Waals surface area contributed by atoms with E-state index in [1.807, 2.05) is 25.2 Å². The Labute approximate surface area is 102 Å². The topological polar surface area (TPSA) is 50.9 Å². The van der Waals surface area contributed by atoms with Crippen molar-refractivity contribution < 1.29 is 0 Å². The van der Waals surface area contributed by atoms with Gasteiger partial charge in [-0.15, -0.1) is 0 Å². The molecule has 0 bridgehead atoms. The van der Waals surface area contributed by atoms with Crippen LogP contribution in [0.1, 0.15) is 11.1 Å². The fourth-order valence-corrected chi connectivity index (χ4v) is 1.86. The van der Waals surface area contributed by atoms with Gasteiger partial charge in [0.15, 0.2) is 0 Å². The number of benzene rings is 1. The zero-order chi connectivity index (χ0) is 12.4. The Morgan fingerprint density at radius 3 is 2.65 bits per heavy atom. The number of aryl methyl sites for hydroxylation is 1. The van der Waals surface area contributed by atoms with Crippen molar-refractivity contribution in [2.45, 2.75) is 13.8 Å². The third-order valence-electron chi connectivity index (χ3n) is 3.01. The van der Waals surface area contributed by atoms with Gasteiger partial charge in [0.2, 0.25) is 0 Å². The Balaban J connectivity index is 2.60. The van der Waals surface area contributed by atoms with Crippen LogP contribution >= 0.6 is 0 Å². The number of hydrogen-bond donors (Lipinski definition) is 2. The van der Waals surface area contributed by atoms with Gasteiger partial charge in [0.05, 0.1) is 5.69 Å². The molecule has 0 amide bonds. The second-order valence-corrected chi connectivity index (χ2v) is 4.16. The van der Waals surface area contributed by atoms with E-state index in [4.69, 9.17) is 5.73 Å². The lowest BCUT2D eigenvalue weighted by atomic mass is 10.0. The van der Waals surface area contributed by atoms with Crippen molar-refractivity contribution in [2.24, 2.45) is 0 Å². The summed E-state index contributed by atoms with van der Waals surface area (Å²) in [5, 5.41) is 3.09. The Morgan fingerprint density at radius 1 is 1.18 bits per heavy atom. The summed E-state index contributed by atoms with van der Waals surface area (Å²) in [4.78, 5) is 4.39. The normalized spacial score (nSPS) is 10.3. The van der Waals surface area contributed by atoms with E-state index >= 15 is 0 Å². The van der Waals surface area contributed by atoms with Gasteiger partial charge in [-0.3, -0.25) is 0 Å². The SMILES string of the molecule is CNc1cc(N)nc(-c2cccc(C)c2C)c1. The number of hydrogen-bond acceptors (Lipinski definition) is 3. The molecule has 1 heterocycles. The second kappa shape index (κ2) is 4.45. The van der Waals surface area contributed by atoms with Crippen LogP contribution < -0.4 is 11.1 Å². The highest BCUT2D eigenvalue weighted by atomic mass is 14.9. The van der Waals surface area contributed by atoms with Crippen LogP contribution in [0.3, 0.4) is 0 Å². The summed E-state index contributed by atoms with van der Waals surface area (Å²) in [5.41, 5.74) is 11.3. The van der Waals surface area contributed by atoms with Gasteiger partial charge in [-0.1, -0.05) is 18.2 Å². The summed E-state index contributed by atoms with van der Waals surface area (Å²) in [6, 6.07) is 10.1. The van der Waals surface area contributed by atoms with Crippen LogP contribution in [0, 0.1) is 13.8 Å². The first kappa shape index (κ1) is 11.5. The molecule has 0 saturated carbocycles. The van der Waals surface area contributed by atoms with Crippen LogP contribution in [0.2, 0.25) is 0 Å². The van der Waals surface area contributed by atoms with Crippen LogP contribution in [0.5, 0.6) is 0 Å². The number of nitrogens with zero attached hydrogens (tertiary/aromatic N) is 1. The maximum Gasteiger partial charge on any atom is 0.126 e. The van der Waals surface area contributed by atoms with E-state index in [1.54, 1.807) is 0 Å². The molecular weight excluding hydrogens is 210 g/mol. The molecule has 0 radical (unpaired) electrons. The molecule has 2 rings (SSSR count). The lowest BCUT2D eigenvalue weighted by molar-refractivity contribution is 1.28. The van der Waals surface area contributed by atoms with E-state index in [1.165, 1.54) is 11.1 Å². The largest absolute Gasteiger partial charge is 0.388 e. The van der Waals surface area contributed by atoms with E-state index in [2.05, 4.69) is 36.3 Å². The third-order valence-corrected chi connectivity index (χ3v) is 3.01. The lowest BCUT2D eigenvalue weighted by Gasteiger charge is -2.10. The molecule has 0 aliphatic rings. The molecule has 3 nitrogen and oxygen atoms in total. The van der Waals surface area contributed by atoms with Crippen molar-refractivity contribution in [1.82, 2.24) is 4.98 Å². The van der Waals surface area contributed by atoms with Gasteiger partial charge in [0.25, 0.3) is 0 Å². The van der Waals surface area contributed by atoms with Gasteiger partial charge in [-0.2, -0.15) is 0 Å². The van der Waals surface area contributed by atoms with Crippen molar-refractivity contribution in [3.05, 3.63) is 41.5 Å². The van der Waals surface area contributed by atoms with Crippen LogP contribution in [0.15, 0.2) is 30.3 Å². The van der Waals surface area contributed by atoms with Gasteiger partial charge in [-0.25, -0.2) is 4.98 Å². The molecule has 0 spiro atoms. The Hall–Kier alpha value is -2.03. The molecule has 2 aromatic rings. The molecular formula is C14H17N3. The first-order chi connectivity index (χ1) is 8.11. The monoisotopic (exact) mass is 227 g/mol. The molecule has 0 saturated heterocycles. The number of aromatic nitrogens is 1. The zero-order valence-corrected chi connectivity index (χ0v) is 10.4.